The van der Waals surface area contributed by atoms with Crippen molar-refractivity contribution >= 4 is 41.9 Å². The van der Waals surface area contributed by atoms with E-state index in [0.717, 1.165) is 50.4 Å². The monoisotopic (exact) mass is 573 g/mol. The van der Waals surface area contributed by atoms with Crippen molar-refractivity contribution in [1.29, 1.82) is 0 Å². The number of nitrogens with zero attached hydrogens (tertiary/aromatic N) is 3. The van der Waals surface area contributed by atoms with E-state index in [1.165, 1.54) is 0 Å². The molecule has 1 unspecified atom stereocenters. The molecule has 3 aliphatic rings. The highest BCUT2D eigenvalue weighted by Crippen LogP contribution is 2.32. The Balaban J connectivity index is 0.00000306. The van der Waals surface area contributed by atoms with E-state index in [1.807, 2.05) is 24.0 Å². The van der Waals surface area contributed by atoms with E-state index < -0.39 is 0 Å². The minimum Gasteiger partial charge on any atom is -0.469 e. The number of rotatable bonds is 8. The first kappa shape index (κ1) is 25.6. The number of nitrogens with one attached hydrogen (secondary N) is 2. The molecule has 10 heteroatoms. The fourth-order valence-corrected chi connectivity index (χ4v) is 4.42. The van der Waals surface area contributed by atoms with E-state index >= 15 is 0 Å². The third-order valence-electron chi connectivity index (χ3n) is 6.34. The van der Waals surface area contributed by atoms with Gasteiger partial charge in [0.25, 0.3) is 0 Å². The van der Waals surface area contributed by atoms with Gasteiger partial charge in [0.05, 0.1) is 12.9 Å². The first-order valence-corrected chi connectivity index (χ1v) is 11.9. The number of carbonyl (C=O) groups is 2. The molecule has 0 radical (unpaired) electrons. The molecule has 1 saturated carbocycles. The number of piperidine rings is 1. The van der Waals surface area contributed by atoms with Crippen LogP contribution in [0.2, 0.25) is 0 Å². The van der Waals surface area contributed by atoms with Gasteiger partial charge >= 0.3 is 6.09 Å². The predicted molar refractivity (Wildman–Crippen MR) is 136 cm³/mol. The van der Waals surface area contributed by atoms with Crippen LogP contribution in [0.1, 0.15) is 44.8 Å². The predicted octanol–water partition coefficient (Wildman–Crippen LogP) is 2.61. The fraction of sp³-hybridized carbons (Fsp3) is 0.696. The molecule has 1 aromatic rings. The lowest BCUT2D eigenvalue weighted by Crippen LogP contribution is -2.50. The molecule has 3 fully saturated rings. The van der Waals surface area contributed by atoms with Gasteiger partial charge in [0.2, 0.25) is 5.91 Å². The molecule has 0 aromatic carbocycles. The zero-order chi connectivity index (χ0) is 22.3. The lowest BCUT2D eigenvalue weighted by Gasteiger charge is -2.32. The summed E-state index contributed by atoms with van der Waals surface area (Å²) in [7, 11) is 0. The second-order valence-corrected chi connectivity index (χ2v) is 8.90. The molecule has 1 aliphatic carbocycles. The van der Waals surface area contributed by atoms with Crippen LogP contribution in [0.5, 0.6) is 0 Å². The maximum absolute atomic E-state index is 12.3. The van der Waals surface area contributed by atoms with Crippen molar-refractivity contribution in [3.05, 3.63) is 24.2 Å². The summed E-state index contributed by atoms with van der Waals surface area (Å²) in [6.45, 7) is 5.73. The molecular formula is C23H36IN5O4. The van der Waals surface area contributed by atoms with E-state index in [0.29, 0.717) is 45.2 Å². The summed E-state index contributed by atoms with van der Waals surface area (Å²) in [5.74, 6) is 2.25. The summed E-state index contributed by atoms with van der Waals surface area (Å²) >= 11 is 0. The van der Waals surface area contributed by atoms with Gasteiger partial charge in [-0.25, -0.2) is 4.79 Å². The van der Waals surface area contributed by atoms with Crippen molar-refractivity contribution in [2.75, 3.05) is 39.3 Å². The summed E-state index contributed by atoms with van der Waals surface area (Å²) < 4.78 is 10.5. The van der Waals surface area contributed by atoms with Gasteiger partial charge in [-0.15, -0.1) is 24.0 Å². The highest BCUT2D eigenvalue weighted by atomic mass is 127. The van der Waals surface area contributed by atoms with Gasteiger partial charge in [-0.2, -0.15) is 0 Å². The molecular weight excluding hydrogens is 537 g/mol. The lowest BCUT2D eigenvalue weighted by atomic mass is 10.1. The van der Waals surface area contributed by atoms with Crippen LogP contribution in [0.3, 0.4) is 0 Å². The second-order valence-electron chi connectivity index (χ2n) is 8.90. The van der Waals surface area contributed by atoms with E-state index in [9.17, 15) is 9.59 Å². The number of aliphatic imine (C=N–C) groups is 1. The van der Waals surface area contributed by atoms with Gasteiger partial charge in [-0.1, -0.05) is 0 Å². The second kappa shape index (κ2) is 12.5. The number of hydrogen-bond acceptors (Lipinski definition) is 5. The van der Waals surface area contributed by atoms with Crippen LogP contribution >= 0.6 is 24.0 Å². The largest absolute Gasteiger partial charge is 0.469 e. The van der Waals surface area contributed by atoms with Gasteiger partial charge in [-0.05, 0) is 44.7 Å². The average Bonchev–Trinajstić information content (AvgIpc) is 3.36. The van der Waals surface area contributed by atoms with Crippen molar-refractivity contribution in [2.24, 2.45) is 10.9 Å². The van der Waals surface area contributed by atoms with Crippen LogP contribution in [0, 0.1) is 5.92 Å². The molecule has 1 atom stereocenters. The molecule has 2 amide bonds. The Hall–Kier alpha value is -1.98. The Morgan fingerprint density at radius 2 is 2.06 bits per heavy atom. The number of carbonyl (C=O) groups excluding carboxylic acids is 2. The number of halogens is 1. The van der Waals surface area contributed by atoms with Crippen molar-refractivity contribution in [3.8, 4) is 0 Å². The number of ether oxygens (including phenoxy) is 1. The van der Waals surface area contributed by atoms with E-state index in [-0.39, 0.29) is 47.9 Å². The van der Waals surface area contributed by atoms with Gasteiger partial charge in [-0.3, -0.25) is 9.79 Å². The maximum atomic E-state index is 12.3. The number of likely N-dealkylation sites (tertiary alicyclic amines) is 2. The Kier molecular flexibility index (Phi) is 9.69. The van der Waals surface area contributed by atoms with Crippen LogP contribution in [0.15, 0.2) is 27.8 Å². The standard InChI is InChI=1S/C23H35N5O4.HI/c1-2-31-23(30)27-11-8-18(9-12-27)26-22(24-10-7-20-4-3-13-32-20)25-15-17-14-21(29)28(16-17)19-5-6-19;/h3-4,13,17-19H,2,5-12,14-16H2,1H3,(H2,24,25,26);1H. The Labute approximate surface area is 212 Å². The third-order valence-corrected chi connectivity index (χ3v) is 6.34. The number of amides is 2. The van der Waals surface area contributed by atoms with Crippen molar-refractivity contribution in [2.45, 2.75) is 57.5 Å². The number of hydrogen-bond donors (Lipinski definition) is 2. The van der Waals surface area contributed by atoms with E-state index in [4.69, 9.17) is 14.1 Å². The van der Waals surface area contributed by atoms with Gasteiger partial charge in [0, 0.05) is 63.6 Å². The zero-order valence-corrected chi connectivity index (χ0v) is 21.7. The molecule has 33 heavy (non-hydrogen) atoms. The van der Waals surface area contributed by atoms with Gasteiger partial charge in [0.15, 0.2) is 5.96 Å². The topological polar surface area (TPSA) is 99.4 Å². The molecule has 4 rings (SSSR count). The summed E-state index contributed by atoms with van der Waals surface area (Å²) in [6.07, 6.45) is 6.79. The minimum atomic E-state index is -0.234. The first-order chi connectivity index (χ1) is 15.6. The highest BCUT2D eigenvalue weighted by Gasteiger charge is 2.39. The van der Waals surface area contributed by atoms with Crippen LogP contribution in [0.25, 0.3) is 0 Å². The van der Waals surface area contributed by atoms with Crippen LogP contribution in [0.4, 0.5) is 4.79 Å². The number of furan rings is 1. The normalized spacial score (nSPS) is 21.7. The Morgan fingerprint density at radius 1 is 1.27 bits per heavy atom. The Bertz CT molecular complexity index is 791. The summed E-state index contributed by atoms with van der Waals surface area (Å²) in [5.41, 5.74) is 0. The summed E-state index contributed by atoms with van der Waals surface area (Å²) in [5, 5.41) is 6.96. The minimum absolute atomic E-state index is 0. The van der Waals surface area contributed by atoms with E-state index in [1.54, 1.807) is 11.2 Å². The molecule has 0 spiro atoms. The first-order valence-electron chi connectivity index (χ1n) is 11.9. The van der Waals surface area contributed by atoms with Crippen molar-refractivity contribution < 1.29 is 18.7 Å². The molecule has 2 saturated heterocycles. The molecule has 1 aromatic heterocycles. The summed E-state index contributed by atoms with van der Waals surface area (Å²) in [6, 6.07) is 4.57. The lowest BCUT2D eigenvalue weighted by molar-refractivity contribution is -0.128. The average molecular weight is 573 g/mol. The number of guanidine groups is 1. The zero-order valence-electron chi connectivity index (χ0n) is 19.3. The van der Waals surface area contributed by atoms with Crippen LogP contribution < -0.4 is 10.6 Å². The molecule has 2 N–H and O–H groups in total. The molecule has 3 heterocycles. The maximum Gasteiger partial charge on any atom is 0.409 e. The quantitative estimate of drug-likeness (QED) is 0.282. The molecule has 9 nitrogen and oxygen atoms in total. The van der Waals surface area contributed by atoms with Crippen molar-refractivity contribution in [3.63, 3.8) is 0 Å². The smallest absolute Gasteiger partial charge is 0.409 e. The van der Waals surface area contributed by atoms with Crippen LogP contribution in [-0.2, 0) is 16.0 Å². The molecule has 0 bridgehead atoms. The van der Waals surface area contributed by atoms with Gasteiger partial charge < -0.3 is 29.6 Å². The molecule has 2 aliphatic heterocycles. The highest BCUT2D eigenvalue weighted by molar-refractivity contribution is 14.0. The third kappa shape index (κ3) is 7.51. The van der Waals surface area contributed by atoms with Crippen molar-refractivity contribution in [1.82, 2.24) is 20.4 Å². The fourth-order valence-electron chi connectivity index (χ4n) is 4.42. The van der Waals surface area contributed by atoms with Gasteiger partial charge in [0.1, 0.15) is 5.76 Å². The Morgan fingerprint density at radius 3 is 2.73 bits per heavy atom. The summed E-state index contributed by atoms with van der Waals surface area (Å²) in [4.78, 5) is 32.8. The van der Waals surface area contributed by atoms with Crippen LogP contribution in [-0.4, -0.2) is 79.2 Å². The molecule has 184 valence electrons. The SMILES string of the molecule is CCOC(=O)N1CCC(NC(=NCC2CC(=O)N(C3CC3)C2)NCCc2ccco2)CC1.I. The van der Waals surface area contributed by atoms with E-state index in [2.05, 4.69) is 10.6 Å².